The molecule has 2 amide bonds. The third-order valence-corrected chi connectivity index (χ3v) is 5.02. The fourth-order valence-corrected chi connectivity index (χ4v) is 3.47. The minimum absolute atomic E-state index is 0.0237. The molecule has 2 heterocycles. The van der Waals surface area contributed by atoms with E-state index in [-0.39, 0.29) is 17.6 Å². The first-order chi connectivity index (χ1) is 13.0. The molecule has 0 atom stereocenters. The van der Waals surface area contributed by atoms with Crippen LogP contribution >= 0.6 is 0 Å². The van der Waals surface area contributed by atoms with Crippen molar-refractivity contribution in [3.05, 3.63) is 59.7 Å². The van der Waals surface area contributed by atoms with Crippen LogP contribution in [0.15, 0.2) is 42.7 Å². The van der Waals surface area contributed by atoms with Crippen molar-refractivity contribution < 1.29 is 14.0 Å². The summed E-state index contributed by atoms with van der Waals surface area (Å²) in [5, 5.41) is 0. The number of carbonyl (C=O) groups excluding carboxylic acids is 2. The van der Waals surface area contributed by atoms with E-state index in [4.69, 9.17) is 0 Å². The van der Waals surface area contributed by atoms with E-state index in [9.17, 15) is 14.0 Å². The molecular formula is C21H26FN3O2. The lowest BCUT2D eigenvalue weighted by Crippen LogP contribution is -2.38. The summed E-state index contributed by atoms with van der Waals surface area (Å²) in [5.74, 6) is -0.142. The number of hydrogen-bond acceptors (Lipinski definition) is 2. The quantitative estimate of drug-likeness (QED) is 0.810. The Hall–Kier alpha value is -2.63. The van der Waals surface area contributed by atoms with Gasteiger partial charge >= 0.3 is 0 Å². The second kappa shape index (κ2) is 8.84. The maximum atomic E-state index is 13.7. The van der Waals surface area contributed by atoms with Crippen LogP contribution in [-0.4, -0.2) is 52.4 Å². The van der Waals surface area contributed by atoms with Crippen LogP contribution in [0.4, 0.5) is 4.39 Å². The van der Waals surface area contributed by atoms with E-state index in [0.717, 1.165) is 12.0 Å². The van der Waals surface area contributed by atoms with E-state index < -0.39 is 0 Å². The molecule has 1 aliphatic rings. The van der Waals surface area contributed by atoms with Crippen molar-refractivity contribution in [2.24, 2.45) is 7.05 Å². The predicted octanol–water partition coefficient (Wildman–Crippen LogP) is 2.40. The average Bonchev–Trinajstić information content (AvgIpc) is 2.91. The monoisotopic (exact) mass is 371 g/mol. The first-order valence-electron chi connectivity index (χ1n) is 9.43. The summed E-state index contributed by atoms with van der Waals surface area (Å²) in [5.41, 5.74) is 1.57. The molecule has 1 aromatic heterocycles. The van der Waals surface area contributed by atoms with Crippen molar-refractivity contribution in [2.45, 2.75) is 25.7 Å². The van der Waals surface area contributed by atoms with Crippen LogP contribution in [0.1, 0.15) is 24.0 Å². The zero-order valence-corrected chi connectivity index (χ0v) is 15.7. The normalized spacial score (nSPS) is 14.9. The number of hydrogen-bond donors (Lipinski definition) is 0. The summed E-state index contributed by atoms with van der Waals surface area (Å²) in [6.07, 6.45) is 5.74. The molecule has 0 radical (unpaired) electrons. The molecule has 3 rings (SSSR count). The molecule has 1 aliphatic heterocycles. The second-order valence-electron chi connectivity index (χ2n) is 7.07. The highest BCUT2D eigenvalue weighted by molar-refractivity contribution is 5.79. The van der Waals surface area contributed by atoms with Crippen molar-refractivity contribution in [3.8, 4) is 0 Å². The summed E-state index contributed by atoms with van der Waals surface area (Å²) < 4.78 is 15.6. The third kappa shape index (κ3) is 5.18. The van der Waals surface area contributed by atoms with Crippen LogP contribution < -0.4 is 0 Å². The molecule has 1 saturated heterocycles. The van der Waals surface area contributed by atoms with Gasteiger partial charge in [0.25, 0.3) is 0 Å². The molecule has 1 aromatic carbocycles. The fourth-order valence-electron chi connectivity index (χ4n) is 3.47. The van der Waals surface area contributed by atoms with Gasteiger partial charge in [-0.2, -0.15) is 0 Å². The molecule has 0 saturated carbocycles. The summed E-state index contributed by atoms with van der Waals surface area (Å²) in [4.78, 5) is 28.7. The van der Waals surface area contributed by atoms with Gasteiger partial charge in [-0.1, -0.05) is 18.2 Å². The maximum absolute atomic E-state index is 13.7. The van der Waals surface area contributed by atoms with Gasteiger partial charge in [0.05, 0.1) is 6.42 Å². The molecular weight excluding hydrogens is 345 g/mol. The summed E-state index contributed by atoms with van der Waals surface area (Å²) >= 11 is 0. The zero-order valence-electron chi connectivity index (χ0n) is 15.7. The van der Waals surface area contributed by atoms with Crippen molar-refractivity contribution in [1.29, 1.82) is 0 Å². The number of amides is 2. The molecule has 1 fully saturated rings. The van der Waals surface area contributed by atoms with Gasteiger partial charge < -0.3 is 14.4 Å². The van der Waals surface area contributed by atoms with Gasteiger partial charge in [0, 0.05) is 52.0 Å². The molecule has 0 N–H and O–H groups in total. The highest BCUT2D eigenvalue weighted by Gasteiger charge is 2.22. The first-order valence-corrected chi connectivity index (χ1v) is 9.43. The van der Waals surface area contributed by atoms with Crippen LogP contribution in [-0.2, 0) is 29.5 Å². The van der Waals surface area contributed by atoms with Crippen LogP contribution in [0.2, 0.25) is 0 Å². The average molecular weight is 371 g/mol. The lowest BCUT2D eigenvalue weighted by atomic mass is 10.1. The minimum atomic E-state index is -0.265. The lowest BCUT2D eigenvalue weighted by Gasteiger charge is -2.22. The van der Waals surface area contributed by atoms with Gasteiger partial charge in [0.1, 0.15) is 5.82 Å². The van der Waals surface area contributed by atoms with Gasteiger partial charge in [0.2, 0.25) is 11.8 Å². The first kappa shape index (κ1) is 19.1. The fraction of sp³-hybridized carbons (Fsp3) is 0.429. The molecule has 2 aromatic rings. The molecule has 0 aliphatic carbocycles. The van der Waals surface area contributed by atoms with E-state index >= 15 is 0 Å². The van der Waals surface area contributed by atoms with E-state index in [0.29, 0.717) is 51.0 Å². The summed E-state index contributed by atoms with van der Waals surface area (Å²) in [7, 11) is 1.94. The number of nitrogens with zero attached hydrogens (tertiary/aromatic N) is 3. The van der Waals surface area contributed by atoms with Crippen molar-refractivity contribution >= 4 is 11.8 Å². The van der Waals surface area contributed by atoms with Crippen LogP contribution in [0, 0.1) is 5.82 Å². The van der Waals surface area contributed by atoms with E-state index in [1.54, 1.807) is 23.1 Å². The minimum Gasteiger partial charge on any atom is -0.357 e. The van der Waals surface area contributed by atoms with Gasteiger partial charge in [0.15, 0.2) is 0 Å². The predicted molar refractivity (Wildman–Crippen MR) is 102 cm³/mol. The Balaban J connectivity index is 1.49. The van der Waals surface area contributed by atoms with E-state index in [1.165, 1.54) is 6.07 Å². The van der Waals surface area contributed by atoms with Crippen molar-refractivity contribution in [1.82, 2.24) is 14.4 Å². The topological polar surface area (TPSA) is 45.6 Å². The van der Waals surface area contributed by atoms with Crippen molar-refractivity contribution in [2.75, 3.05) is 26.2 Å². The lowest BCUT2D eigenvalue weighted by molar-refractivity contribution is -0.133. The molecule has 6 heteroatoms. The Morgan fingerprint density at radius 3 is 2.37 bits per heavy atom. The molecule has 0 unspecified atom stereocenters. The largest absolute Gasteiger partial charge is 0.357 e. The van der Waals surface area contributed by atoms with E-state index in [1.807, 2.05) is 35.0 Å². The molecule has 0 spiro atoms. The number of aryl methyl sites for hydroxylation is 2. The number of aromatic nitrogens is 1. The summed E-state index contributed by atoms with van der Waals surface area (Å²) in [6, 6.07) is 8.52. The third-order valence-electron chi connectivity index (χ3n) is 5.02. The Morgan fingerprint density at radius 2 is 1.70 bits per heavy atom. The molecule has 5 nitrogen and oxygen atoms in total. The highest BCUT2D eigenvalue weighted by atomic mass is 19.1. The SMILES string of the molecule is Cn1ccc(CC(=O)N2CCCN(C(=O)CCc3ccccc3F)CC2)c1. The Morgan fingerprint density at radius 1 is 1.00 bits per heavy atom. The molecule has 144 valence electrons. The van der Waals surface area contributed by atoms with Gasteiger partial charge in [-0.05, 0) is 36.1 Å². The Labute approximate surface area is 159 Å². The number of halogens is 1. The standard InChI is InChI=1S/C21H26FN3O2/c1-23-12-9-17(16-23)15-21(27)25-11-4-10-24(13-14-25)20(26)8-7-18-5-2-3-6-19(18)22/h2-3,5-6,9,12,16H,4,7-8,10-11,13-15H2,1H3. The van der Waals surface area contributed by atoms with Crippen molar-refractivity contribution in [3.63, 3.8) is 0 Å². The molecule has 0 bridgehead atoms. The Bertz CT molecular complexity index is 802. The Kier molecular flexibility index (Phi) is 6.27. The van der Waals surface area contributed by atoms with Gasteiger partial charge in [-0.3, -0.25) is 9.59 Å². The van der Waals surface area contributed by atoms with Crippen LogP contribution in [0.25, 0.3) is 0 Å². The zero-order chi connectivity index (χ0) is 19.2. The molecule has 27 heavy (non-hydrogen) atoms. The van der Waals surface area contributed by atoms with E-state index in [2.05, 4.69) is 0 Å². The van der Waals surface area contributed by atoms with Crippen LogP contribution in [0.3, 0.4) is 0 Å². The van der Waals surface area contributed by atoms with Crippen LogP contribution in [0.5, 0.6) is 0 Å². The number of benzene rings is 1. The van der Waals surface area contributed by atoms with Gasteiger partial charge in [-0.25, -0.2) is 4.39 Å². The number of rotatable bonds is 5. The van der Waals surface area contributed by atoms with Gasteiger partial charge in [-0.15, -0.1) is 0 Å². The second-order valence-corrected chi connectivity index (χ2v) is 7.07. The number of carbonyl (C=O) groups is 2. The highest BCUT2D eigenvalue weighted by Crippen LogP contribution is 2.12. The maximum Gasteiger partial charge on any atom is 0.227 e. The smallest absolute Gasteiger partial charge is 0.227 e. The summed E-state index contributed by atoms with van der Waals surface area (Å²) in [6.45, 7) is 2.40.